The van der Waals surface area contributed by atoms with Crippen LogP contribution < -0.4 is 0 Å². The van der Waals surface area contributed by atoms with Crippen molar-refractivity contribution >= 4 is 11.9 Å². The molecule has 0 aliphatic heterocycles. The van der Waals surface area contributed by atoms with Crippen molar-refractivity contribution in [2.24, 2.45) is 0 Å². The summed E-state index contributed by atoms with van der Waals surface area (Å²) in [7, 11) is 0. The summed E-state index contributed by atoms with van der Waals surface area (Å²) in [4.78, 5) is 22.9. The number of rotatable bonds is 11. The lowest BCUT2D eigenvalue weighted by molar-refractivity contribution is 0.0650. The number of unbranched alkanes of at least 4 members (excludes halogenated alkanes) is 5. The van der Waals surface area contributed by atoms with Crippen LogP contribution >= 0.6 is 0 Å². The highest BCUT2D eigenvalue weighted by Crippen LogP contribution is 2.24. The predicted octanol–water partition coefficient (Wildman–Crippen LogP) is 4.94. The molecular weight excluding hydrogens is 292 g/mol. The van der Waals surface area contributed by atoms with E-state index in [9.17, 15) is 19.8 Å². The van der Waals surface area contributed by atoms with E-state index >= 15 is 0 Å². The average molecular weight is 320 g/mol. The van der Waals surface area contributed by atoms with E-state index < -0.39 is 11.9 Å². The van der Waals surface area contributed by atoms with Gasteiger partial charge in [0.05, 0.1) is 11.1 Å². The number of carboxylic acid groups (broad SMARTS) is 2. The fourth-order valence-electron chi connectivity index (χ4n) is 2.91. The van der Waals surface area contributed by atoms with Crippen LogP contribution in [0, 0.1) is 0 Å². The third-order valence-corrected chi connectivity index (χ3v) is 4.18. The van der Waals surface area contributed by atoms with E-state index in [4.69, 9.17) is 0 Å². The van der Waals surface area contributed by atoms with Crippen LogP contribution in [0.25, 0.3) is 0 Å². The molecule has 4 heteroatoms. The molecule has 2 N–H and O–H groups in total. The maximum atomic E-state index is 11.6. The molecule has 128 valence electrons. The lowest BCUT2D eigenvalue weighted by atomic mass is 9.89. The second kappa shape index (κ2) is 10.0. The molecule has 0 heterocycles. The Hall–Kier alpha value is -1.84. The van der Waals surface area contributed by atoms with Crippen molar-refractivity contribution in [1.29, 1.82) is 0 Å². The molecule has 0 unspecified atom stereocenters. The molecule has 0 spiro atoms. The molecule has 0 saturated carbocycles. The van der Waals surface area contributed by atoms with Gasteiger partial charge in [-0.15, -0.1) is 0 Å². The lowest BCUT2D eigenvalue weighted by Crippen LogP contribution is -2.14. The zero-order valence-electron chi connectivity index (χ0n) is 14.2. The monoisotopic (exact) mass is 320 g/mol. The van der Waals surface area contributed by atoms with Gasteiger partial charge >= 0.3 is 11.9 Å². The number of aromatic carboxylic acids is 2. The summed E-state index contributed by atoms with van der Waals surface area (Å²) in [5.74, 6) is -2.31. The van der Waals surface area contributed by atoms with Crippen molar-refractivity contribution < 1.29 is 19.8 Å². The quantitative estimate of drug-likeness (QED) is 0.566. The van der Waals surface area contributed by atoms with E-state index in [1.54, 1.807) is 6.07 Å². The molecule has 0 radical (unpaired) electrons. The maximum absolute atomic E-state index is 11.6. The van der Waals surface area contributed by atoms with E-state index in [2.05, 4.69) is 6.92 Å². The summed E-state index contributed by atoms with van der Waals surface area (Å²) >= 11 is 0. The molecule has 0 saturated heterocycles. The molecule has 0 amide bonds. The van der Waals surface area contributed by atoms with E-state index in [1.807, 2.05) is 6.92 Å². The van der Waals surface area contributed by atoms with Crippen LogP contribution in [0.3, 0.4) is 0 Å². The Bertz CT molecular complexity index is 534. The average Bonchev–Trinajstić information content (AvgIpc) is 2.52. The Morgan fingerprint density at radius 2 is 1.48 bits per heavy atom. The maximum Gasteiger partial charge on any atom is 0.336 e. The van der Waals surface area contributed by atoms with Gasteiger partial charge in [-0.2, -0.15) is 0 Å². The second-order valence-electron chi connectivity index (χ2n) is 6.00. The van der Waals surface area contributed by atoms with Gasteiger partial charge in [0, 0.05) is 0 Å². The predicted molar refractivity (Wildman–Crippen MR) is 91.4 cm³/mol. The summed E-state index contributed by atoms with van der Waals surface area (Å²) in [6.45, 7) is 4.22. The topological polar surface area (TPSA) is 74.6 Å². The first-order valence-electron chi connectivity index (χ1n) is 8.64. The van der Waals surface area contributed by atoms with Crippen LogP contribution in [0.15, 0.2) is 12.1 Å². The number of carboxylic acids is 2. The van der Waals surface area contributed by atoms with Gasteiger partial charge in [0.25, 0.3) is 0 Å². The summed E-state index contributed by atoms with van der Waals surface area (Å²) in [5, 5.41) is 18.8. The smallest absolute Gasteiger partial charge is 0.336 e. The third kappa shape index (κ3) is 5.70. The standard InChI is InChI=1S/C19H28O4/c1-3-5-7-8-9-10-14-12-13-16(18(20)21)17(19(22)23)15(14)11-6-4-2/h12-13H,3-11H2,1-2H3,(H,20,21)(H,22,23). The minimum atomic E-state index is -1.17. The van der Waals surface area contributed by atoms with Crippen LogP contribution in [0.2, 0.25) is 0 Å². The van der Waals surface area contributed by atoms with Gasteiger partial charge in [0.15, 0.2) is 0 Å². The van der Waals surface area contributed by atoms with Gasteiger partial charge in [-0.3, -0.25) is 0 Å². The van der Waals surface area contributed by atoms with E-state index in [0.717, 1.165) is 43.2 Å². The first-order valence-corrected chi connectivity index (χ1v) is 8.64. The molecule has 4 nitrogen and oxygen atoms in total. The lowest BCUT2D eigenvalue weighted by Gasteiger charge is -2.15. The third-order valence-electron chi connectivity index (χ3n) is 4.18. The largest absolute Gasteiger partial charge is 0.478 e. The molecule has 1 aromatic rings. The molecule has 0 bridgehead atoms. The highest BCUT2D eigenvalue weighted by Gasteiger charge is 2.22. The normalized spacial score (nSPS) is 10.7. The number of benzene rings is 1. The molecule has 23 heavy (non-hydrogen) atoms. The van der Waals surface area contributed by atoms with Gasteiger partial charge in [-0.25, -0.2) is 9.59 Å². The molecule has 1 rings (SSSR count). The summed E-state index contributed by atoms with van der Waals surface area (Å²) in [5.41, 5.74) is 1.60. The number of hydrogen-bond donors (Lipinski definition) is 2. The number of hydrogen-bond acceptors (Lipinski definition) is 2. The minimum Gasteiger partial charge on any atom is -0.478 e. The molecule has 0 aliphatic carbocycles. The van der Waals surface area contributed by atoms with E-state index in [1.165, 1.54) is 25.3 Å². The Kier molecular flexibility index (Phi) is 8.38. The summed E-state index contributed by atoms with van der Waals surface area (Å²) < 4.78 is 0. The van der Waals surface area contributed by atoms with Crippen molar-refractivity contribution in [2.75, 3.05) is 0 Å². The Labute approximate surface area is 138 Å². The Morgan fingerprint density at radius 1 is 0.826 bits per heavy atom. The Balaban J connectivity index is 3.05. The van der Waals surface area contributed by atoms with Crippen molar-refractivity contribution in [3.8, 4) is 0 Å². The summed E-state index contributed by atoms with van der Waals surface area (Å²) in [6.07, 6.45) is 9.03. The number of aryl methyl sites for hydroxylation is 1. The molecule has 0 aromatic heterocycles. The van der Waals surface area contributed by atoms with Gasteiger partial charge in [0.2, 0.25) is 0 Å². The van der Waals surface area contributed by atoms with Gasteiger partial charge in [-0.05, 0) is 42.9 Å². The van der Waals surface area contributed by atoms with Crippen LogP contribution in [-0.4, -0.2) is 22.2 Å². The van der Waals surface area contributed by atoms with Crippen LogP contribution in [-0.2, 0) is 12.8 Å². The summed E-state index contributed by atoms with van der Waals surface area (Å²) in [6, 6.07) is 3.25. The second-order valence-corrected chi connectivity index (χ2v) is 6.00. The zero-order valence-corrected chi connectivity index (χ0v) is 14.2. The zero-order chi connectivity index (χ0) is 17.2. The van der Waals surface area contributed by atoms with Gasteiger partial charge in [0.1, 0.15) is 0 Å². The highest BCUT2D eigenvalue weighted by atomic mass is 16.4. The molecule has 0 aliphatic rings. The highest BCUT2D eigenvalue weighted by molar-refractivity contribution is 6.03. The fourth-order valence-corrected chi connectivity index (χ4v) is 2.91. The van der Waals surface area contributed by atoms with Crippen LogP contribution in [0.5, 0.6) is 0 Å². The van der Waals surface area contributed by atoms with Gasteiger partial charge < -0.3 is 10.2 Å². The van der Waals surface area contributed by atoms with Crippen molar-refractivity contribution in [3.63, 3.8) is 0 Å². The molecule has 0 fully saturated rings. The van der Waals surface area contributed by atoms with E-state index in [0.29, 0.717) is 6.42 Å². The van der Waals surface area contributed by atoms with E-state index in [-0.39, 0.29) is 11.1 Å². The first-order chi connectivity index (χ1) is 11.0. The molecular formula is C19H28O4. The van der Waals surface area contributed by atoms with Crippen LogP contribution in [0.4, 0.5) is 0 Å². The van der Waals surface area contributed by atoms with Gasteiger partial charge in [-0.1, -0.05) is 52.0 Å². The first kappa shape index (κ1) is 19.2. The Morgan fingerprint density at radius 3 is 2.04 bits per heavy atom. The molecule has 1 aromatic carbocycles. The number of carbonyl (C=O) groups is 2. The van der Waals surface area contributed by atoms with Crippen molar-refractivity contribution in [2.45, 2.75) is 71.6 Å². The van der Waals surface area contributed by atoms with Crippen molar-refractivity contribution in [3.05, 3.63) is 34.4 Å². The van der Waals surface area contributed by atoms with Crippen molar-refractivity contribution in [1.82, 2.24) is 0 Å². The fraction of sp³-hybridized carbons (Fsp3) is 0.579. The SMILES string of the molecule is CCCCCCCc1ccc(C(=O)O)c(C(=O)O)c1CCCC. The minimum absolute atomic E-state index is 0.0167. The van der Waals surface area contributed by atoms with Crippen LogP contribution in [0.1, 0.15) is 90.6 Å². The molecule has 0 atom stereocenters.